The molecule has 0 nitrogen and oxygen atoms in total. The molecule has 0 spiro atoms. The molecule has 0 atom stereocenters. The second-order valence-corrected chi connectivity index (χ2v) is 7.29. The highest BCUT2D eigenvalue weighted by molar-refractivity contribution is 5.84. The molecule has 0 amide bonds. The molecule has 0 unspecified atom stereocenters. The highest BCUT2D eigenvalue weighted by Gasteiger charge is 2.09. The van der Waals surface area contributed by atoms with Crippen LogP contribution in [0.1, 0.15) is 23.1 Å². The minimum atomic E-state index is -0.511. The lowest BCUT2D eigenvalue weighted by molar-refractivity contribution is 0.621. The number of benzene rings is 4. The molecule has 4 rings (SSSR count). The van der Waals surface area contributed by atoms with Crippen LogP contribution in [0, 0.1) is 29.3 Å². The van der Waals surface area contributed by atoms with Gasteiger partial charge in [0.1, 0.15) is 17.5 Å². The maximum Gasteiger partial charge on any atom is 0.139 e. The van der Waals surface area contributed by atoms with Crippen LogP contribution in [0.5, 0.6) is 0 Å². The Morgan fingerprint density at radius 1 is 0.742 bits per heavy atom. The van der Waals surface area contributed by atoms with Gasteiger partial charge in [-0.2, -0.15) is 0 Å². The molecule has 0 aromatic heterocycles. The Kier molecular flexibility index (Phi) is 5.91. The van der Waals surface area contributed by atoms with Crippen LogP contribution < -0.4 is 0 Å². The molecule has 31 heavy (non-hydrogen) atoms. The van der Waals surface area contributed by atoms with Crippen LogP contribution in [-0.2, 0) is 6.42 Å². The van der Waals surface area contributed by atoms with E-state index in [0.717, 1.165) is 22.8 Å². The summed E-state index contributed by atoms with van der Waals surface area (Å²) in [4.78, 5) is 0. The monoisotopic (exact) mass is 412 g/mol. The van der Waals surface area contributed by atoms with Crippen molar-refractivity contribution in [2.45, 2.75) is 12.8 Å². The quantitative estimate of drug-likeness (QED) is 0.241. The van der Waals surface area contributed by atoms with Crippen LogP contribution >= 0.6 is 0 Å². The molecule has 3 heteroatoms. The van der Waals surface area contributed by atoms with Crippen molar-refractivity contribution in [2.24, 2.45) is 0 Å². The minimum Gasteiger partial charge on any atom is -0.207 e. The number of hydrogen-bond donors (Lipinski definition) is 0. The molecular formula is C28H19F3. The Hall–Kier alpha value is -3.77. The number of halogens is 3. The summed E-state index contributed by atoms with van der Waals surface area (Å²) in [6, 6.07) is 19.4. The van der Waals surface area contributed by atoms with Crippen molar-refractivity contribution in [2.75, 3.05) is 0 Å². The average molecular weight is 412 g/mol. The van der Waals surface area contributed by atoms with E-state index in [9.17, 15) is 13.2 Å². The van der Waals surface area contributed by atoms with E-state index in [1.54, 1.807) is 42.5 Å². The Bertz CT molecular complexity index is 1340. The summed E-state index contributed by atoms with van der Waals surface area (Å²) >= 11 is 0. The van der Waals surface area contributed by atoms with Crippen LogP contribution in [-0.4, -0.2) is 0 Å². The van der Waals surface area contributed by atoms with Gasteiger partial charge in [-0.25, -0.2) is 13.2 Å². The van der Waals surface area contributed by atoms with Gasteiger partial charge < -0.3 is 0 Å². The molecule has 0 bridgehead atoms. The standard InChI is InChI=1S/C28H19F3/c1-2-3-4-19-7-14-26(28(31)16-19)24-11-10-21(27(30)18-24)8-5-20-6-9-23-17-25(29)13-12-22(23)15-20/h2,6-7,9-18H,1,3-4H2. The van der Waals surface area contributed by atoms with Crippen LogP contribution in [0.2, 0.25) is 0 Å². The lowest BCUT2D eigenvalue weighted by Gasteiger charge is -2.07. The first kappa shape index (κ1) is 20.5. The molecule has 4 aromatic rings. The van der Waals surface area contributed by atoms with E-state index in [0.29, 0.717) is 23.1 Å². The summed E-state index contributed by atoms with van der Waals surface area (Å²) in [5, 5.41) is 1.63. The predicted octanol–water partition coefficient (Wildman–Crippen LogP) is 7.44. The summed E-state index contributed by atoms with van der Waals surface area (Å²) < 4.78 is 42.5. The lowest BCUT2D eigenvalue weighted by Crippen LogP contribution is -1.91. The van der Waals surface area contributed by atoms with Gasteiger partial charge in [-0.3, -0.25) is 0 Å². The summed E-state index contributed by atoms with van der Waals surface area (Å²) in [7, 11) is 0. The average Bonchev–Trinajstić information content (AvgIpc) is 2.77. The molecule has 0 N–H and O–H groups in total. The molecular weight excluding hydrogens is 393 g/mol. The van der Waals surface area contributed by atoms with Gasteiger partial charge in [0, 0.05) is 11.1 Å². The highest BCUT2D eigenvalue weighted by Crippen LogP contribution is 2.26. The predicted molar refractivity (Wildman–Crippen MR) is 120 cm³/mol. The molecule has 0 aliphatic heterocycles. The van der Waals surface area contributed by atoms with Crippen molar-refractivity contribution < 1.29 is 13.2 Å². The van der Waals surface area contributed by atoms with Gasteiger partial charge in [-0.15, -0.1) is 6.58 Å². The largest absolute Gasteiger partial charge is 0.207 e. The first-order chi connectivity index (χ1) is 15.0. The summed E-state index contributed by atoms with van der Waals surface area (Å²) in [5.41, 5.74) is 2.61. The zero-order chi connectivity index (χ0) is 21.8. The van der Waals surface area contributed by atoms with E-state index in [1.807, 2.05) is 12.1 Å². The van der Waals surface area contributed by atoms with E-state index in [-0.39, 0.29) is 17.2 Å². The van der Waals surface area contributed by atoms with E-state index in [2.05, 4.69) is 18.4 Å². The maximum atomic E-state index is 14.6. The molecule has 0 radical (unpaired) electrons. The van der Waals surface area contributed by atoms with E-state index in [4.69, 9.17) is 0 Å². The van der Waals surface area contributed by atoms with Crippen LogP contribution in [0.15, 0.2) is 85.5 Å². The van der Waals surface area contributed by atoms with Crippen molar-refractivity contribution in [3.8, 4) is 23.0 Å². The number of hydrogen-bond acceptors (Lipinski definition) is 0. The van der Waals surface area contributed by atoms with Gasteiger partial charge in [-0.1, -0.05) is 48.2 Å². The third-order valence-corrected chi connectivity index (χ3v) is 5.09. The number of rotatable bonds is 4. The third-order valence-electron chi connectivity index (χ3n) is 5.09. The summed E-state index contributed by atoms with van der Waals surface area (Å²) in [5.74, 6) is 4.58. The van der Waals surface area contributed by atoms with Crippen molar-refractivity contribution in [3.05, 3.63) is 120 Å². The molecule has 0 fully saturated rings. The Labute approximate surface area is 179 Å². The number of aryl methyl sites for hydroxylation is 1. The van der Waals surface area contributed by atoms with E-state index < -0.39 is 5.82 Å². The zero-order valence-electron chi connectivity index (χ0n) is 16.8. The first-order valence-electron chi connectivity index (χ1n) is 9.94. The molecule has 0 heterocycles. The smallest absolute Gasteiger partial charge is 0.139 e. The second kappa shape index (κ2) is 8.93. The lowest BCUT2D eigenvalue weighted by atomic mass is 10.00. The van der Waals surface area contributed by atoms with Gasteiger partial charge in [0.15, 0.2) is 0 Å². The van der Waals surface area contributed by atoms with Gasteiger partial charge in [0.05, 0.1) is 5.56 Å². The van der Waals surface area contributed by atoms with Crippen LogP contribution in [0.25, 0.3) is 21.9 Å². The second-order valence-electron chi connectivity index (χ2n) is 7.29. The molecule has 152 valence electrons. The molecule has 0 saturated carbocycles. The molecule has 4 aromatic carbocycles. The van der Waals surface area contributed by atoms with Crippen molar-refractivity contribution in [3.63, 3.8) is 0 Å². The molecule has 0 aliphatic carbocycles. The third kappa shape index (κ3) is 4.70. The zero-order valence-corrected chi connectivity index (χ0v) is 16.8. The fraction of sp³-hybridized carbons (Fsp3) is 0.0714. The van der Waals surface area contributed by atoms with Crippen LogP contribution in [0.3, 0.4) is 0 Å². The summed E-state index contributed by atoms with van der Waals surface area (Å²) in [6.07, 6.45) is 3.28. The van der Waals surface area contributed by atoms with Gasteiger partial charge in [0.2, 0.25) is 0 Å². The number of allylic oxidation sites excluding steroid dienone is 1. The highest BCUT2D eigenvalue weighted by atomic mass is 19.1. The van der Waals surface area contributed by atoms with Crippen molar-refractivity contribution in [1.82, 2.24) is 0 Å². The number of fused-ring (bicyclic) bond motifs is 1. The molecule has 0 aliphatic rings. The maximum absolute atomic E-state index is 14.6. The Balaban J connectivity index is 1.59. The molecule has 0 saturated heterocycles. The van der Waals surface area contributed by atoms with Gasteiger partial charge >= 0.3 is 0 Å². The van der Waals surface area contributed by atoms with Crippen molar-refractivity contribution >= 4 is 10.8 Å². The van der Waals surface area contributed by atoms with Gasteiger partial charge in [-0.05, 0) is 77.2 Å². The summed E-state index contributed by atoms with van der Waals surface area (Å²) in [6.45, 7) is 3.67. The topological polar surface area (TPSA) is 0 Å². The fourth-order valence-corrected chi connectivity index (χ4v) is 3.43. The van der Waals surface area contributed by atoms with Crippen LogP contribution in [0.4, 0.5) is 13.2 Å². The first-order valence-corrected chi connectivity index (χ1v) is 9.94. The van der Waals surface area contributed by atoms with Crippen molar-refractivity contribution in [1.29, 1.82) is 0 Å². The van der Waals surface area contributed by atoms with E-state index >= 15 is 0 Å². The fourth-order valence-electron chi connectivity index (χ4n) is 3.43. The van der Waals surface area contributed by atoms with Gasteiger partial charge in [0.25, 0.3) is 0 Å². The minimum absolute atomic E-state index is 0.228. The SMILES string of the molecule is C=CCCc1ccc(-c2ccc(C#Cc3ccc4cc(F)ccc4c3)c(F)c2)c(F)c1. The Morgan fingerprint density at radius 2 is 1.55 bits per heavy atom. The normalized spacial score (nSPS) is 10.5. The van der Waals surface area contributed by atoms with E-state index in [1.165, 1.54) is 24.3 Å². The Morgan fingerprint density at radius 3 is 2.32 bits per heavy atom.